The first-order valence-electron chi connectivity index (χ1n) is 9.75. The van der Waals surface area contributed by atoms with Crippen molar-refractivity contribution in [3.8, 4) is 29.9 Å². The van der Waals surface area contributed by atoms with E-state index in [1.807, 2.05) is 36.4 Å². The summed E-state index contributed by atoms with van der Waals surface area (Å²) in [6.07, 6.45) is 6.72. The Morgan fingerprint density at radius 2 is 1.70 bits per heavy atom. The molecule has 33 heavy (non-hydrogen) atoms. The van der Waals surface area contributed by atoms with Gasteiger partial charge in [-0.25, -0.2) is 0 Å². The zero-order chi connectivity index (χ0) is 23.6. The number of nitriles is 1. The molecule has 1 amide bonds. The monoisotopic (exact) mass is 564 g/mol. The fraction of sp³-hybridized carbons (Fsp3) is 0.0769. The normalized spacial score (nSPS) is 10.6. The van der Waals surface area contributed by atoms with Crippen LogP contribution in [0.4, 0.5) is 5.69 Å². The Kier molecular flexibility index (Phi) is 8.71. The van der Waals surface area contributed by atoms with Crippen LogP contribution in [0.15, 0.2) is 81.2 Å². The van der Waals surface area contributed by atoms with Gasteiger partial charge in [-0.05, 0) is 85.5 Å². The second-order valence-corrected chi connectivity index (χ2v) is 8.44. The summed E-state index contributed by atoms with van der Waals surface area (Å²) < 4.78 is 12.5. The Labute approximate surface area is 209 Å². The number of carbonyl (C=O) groups is 1. The van der Waals surface area contributed by atoms with Gasteiger partial charge in [0.15, 0.2) is 0 Å². The van der Waals surface area contributed by atoms with Crippen molar-refractivity contribution in [2.24, 2.45) is 0 Å². The number of rotatable bonds is 8. The zero-order valence-corrected chi connectivity index (χ0v) is 20.5. The number of hydrogen-bond donors (Lipinski definition) is 1. The van der Waals surface area contributed by atoms with Crippen molar-refractivity contribution in [1.82, 2.24) is 0 Å². The highest BCUT2D eigenvalue weighted by Crippen LogP contribution is 2.35. The smallest absolute Gasteiger partial charge is 0.266 e. The molecule has 7 heteroatoms. The van der Waals surface area contributed by atoms with Crippen molar-refractivity contribution >= 4 is 49.5 Å². The van der Waals surface area contributed by atoms with Gasteiger partial charge in [0, 0.05) is 5.69 Å². The number of terminal acetylenes is 1. The molecule has 0 aromatic heterocycles. The van der Waals surface area contributed by atoms with Gasteiger partial charge in [-0.15, -0.1) is 6.42 Å². The molecule has 3 aromatic carbocycles. The highest BCUT2D eigenvalue weighted by atomic mass is 79.9. The Hall–Kier alpha value is -3.52. The van der Waals surface area contributed by atoms with E-state index in [1.54, 1.807) is 36.4 Å². The number of ether oxygens (including phenoxy) is 2. The highest BCUT2D eigenvalue weighted by molar-refractivity contribution is 9.11. The maximum absolute atomic E-state index is 12.6. The predicted molar refractivity (Wildman–Crippen MR) is 136 cm³/mol. The van der Waals surface area contributed by atoms with Crippen LogP contribution in [-0.4, -0.2) is 12.5 Å². The average Bonchev–Trinajstić information content (AvgIpc) is 2.82. The van der Waals surface area contributed by atoms with E-state index in [-0.39, 0.29) is 12.2 Å². The molecule has 0 saturated carbocycles. The SMILES string of the molecule is C#CCOc1c(Br)cc(/C=C(\C#N)C(=O)Nc2ccc(OCc3ccccc3)cc2)cc1Br. The molecule has 0 saturated heterocycles. The molecule has 164 valence electrons. The van der Waals surface area contributed by atoms with Crippen LogP contribution < -0.4 is 14.8 Å². The molecular weight excluding hydrogens is 548 g/mol. The number of anilines is 1. The number of nitrogens with one attached hydrogen (secondary N) is 1. The summed E-state index contributed by atoms with van der Waals surface area (Å²) in [4.78, 5) is 12.6. The summed E-state index contributed by atoms with van der Waals surface area (Å²) in [6.45, 7) is 0.569. The molecule has 0 radical (unpaired) electrons. The summed E-state index contributed by atoms with van der Waals surface area (Å²) in [6, 6.07) is 22.2. The molecule has 0 aliphatic heterocycles. The van der Waals surface area contributed by atoms with Gasteiger partial charge >= 0.3 is 0 Å². The lowest BCUT2D eigenvalue weighted by molar-refractivity contribution is -0.112. The highest BCUT2D eigenvalue weighted by Gasteiger charge is 2.13. The van der Waals surface area contributed by atoms with Crippen LogP contribution >= 0.6 is 31.9 Å². The van der Waals surface area contributed by atoms with Crippen LogP contribution in [0.5, 0.6) is 11.5 Å². The number of carbonyl (C=O) groups excluding carboxylic acids is 1. The first kappa shape index (κ1) is 24.1. The molecule has 1 N–H and O–H groups in total. The van der Waals surface area contributed by atoms with Crippen molar-refractivity contribution in [2.75, 3.05) is 11.9 Å². The molecule has 3 aromatic rings. The van der Waals surface area contributed by atoms with E-state index >= 15 is 0 Å². The lowest BCUT2D eigenvalue weighted by Gasteiger charge is -2.10. The summed E-state index contributed by atoms with van der Waals surface area (Å²) in [7, 11) is 0. The van der Waals surface area contributed by atoms with E-state index in [9.17, 15) is 10.1 Å². The Morgan fingerprint density at radius 1 is 1.03 bits per heavy atom. The molecule has 0 bridgehead atoms. The molecule has 0 spiro atoms. The fourth-order valence-electron chi connectivity index (χ4n) is 2.80. The van der Waals surface area contributed by atoms with E-state index in [2.05, 4.69) is 43.1 Å². The quantitative estimate of drug-likeness (QED) is 0.196. The summed E-state index contributed by atoms with van der Waals surface area (Å²) in [5.41, 5.74) is 2.20. The first-order chi connectivity index (χ1) is 16.0. The minimum absolute atomic E-state index is 0.0458. The maximum Gasteiger partial charge on any atom is 0.266 e. The lowest BCUT2D eigenvalue weighted by atomic mass is 10.1. The number of benzene rings is 3. The van der Waals surface area contributed by atoms with E-state index in [0.717, 1.165) is 5.56 Å². The summed E-state index contributed by atoms with van der Waals surface area (Å²) in [5, 5.41) is 12.2. The Morgan fingerprint density at radius 3 is 2.30 bits per heavy atom. The molecule has 3 rings (SSSR count). The van der Waals surface area contributed by atoms with E-state index < -0.39 is 5.91 Å². The predicted octanol–water partition coefficient (Wildman–Crippen LogP) is 6.35. The molecule has 0 atom stereocenters. The van der Waals surface area contributed by atoms with Crippen LogP contribution in [0.2, 0.25) is 0 Å². The zero-order valence-electron chi connectivity index (χ0n) is 17.3. The fourth-order valence-corrected chi connectivity index (χ4v) is 4.25. The number of amides is 1. The third kappa shape index (κ3) is 6.98. The minimum Gasteiger partial charge on any atom is -0.489 e. The van der Waals surface area contributed by atoms with Gasteiger partial charge in [-0.2, -0.15) is 5.26 Å². The van der Waals surface area contributed by atoms with Crippen LogP contribution in [0, 0.1) is 23.7 Å². The van der Waals surface area contributed by atoms with Gasteiger partial charge in [0.05, 0.1) is 8.95 Å². The van der Waals surface area contributed by atoms with E-state index in [1.165, 1.54) is 6.08 Å². The largest absolute Gasteiger partial charge is 0.489 e. The Balaban J connectivity index is 1.66. The van der Waals surface area contributed by atoms with Crippen LogP contribution in [-0.2, 0) is 11.4 Å². The number of nitrogens with zero attached hydrogens (tertiary/aromatic N) is 1. The van der Waals surface area contributed by atoms with Crippen molar-refractivity contribution in [3.63, 3.8) is 0 Å². The molecule has 0 fully saturated rings. The van der Waals surface area contributed by atoms with E-state index in [4.69, 9.17) is 15.9 Å². The average molecular weight is 566 g/mol. The minimum atomic E-state index is -0.518. The van der Waals surface area contributed by atoms with Gasteiger partial charge in [-0.3, -0.25) is 4.79 Å². The molecule has 5 nitrogen and oxygen atoms in total. The molecule has 0 aliphatic carbocycles. The molecular formula is C26H18Br2N2O3. The summed E-state index contributed by atoms with van der Waals surface area (Å²) >= 11 is 6.83. The standard InChI is InChI=1S/C26H18Br2N2O3/c1-2-12-32-25-23(27)14-19(15-24(25)28)13-20(16-29)26(31)30-21-8-10-22(11-9-21)33-17-18-6-4-3-5-7-18/h1,3-11,13-15H,12,17H2,(H,30,31)/b20-13+. The molecule has 0 aliphatic rings. The van der Waals surface area contributed by atoms with Crippen LogP contribution in [0.25, 0.3) is 6.08 Å². The summed E-state index contributed by atoms with van der Waals surface area (Å²) in [5.74, 6) is 3.10. The van der Waals surface area contributed by atoms with Gasteiger partial charge in [0.1, 0.15) is 36.4 Å². The molecule has 0 heterocycles. The van der Waals surface area contributed by atoms with Crippen molar-refractivity contribution in [2.45, 2.75) is 6.61 Å². The molecule has 0 unspecified atom stereocenters. The maximum atomic E-state index is 12.6. The van der Waals surface area contributed by atoms with Crippen LogP contribution in [0.3, 0.4) is 0 Å². The Bertz CT molecular complexity index is 1220. The lowest BCUT2D eigenvalue weighted by Crippen LogP contribution is -2.13. The third-order valence-electron chi connectivity index (χ3n) is 4.36. The van der Waals surface area contributed by atoms with Crippen molar-refractivity contribution in [1.29, 1.82) is 5.26 Å². The topological polar surface area (TPSA) is 71.3 Å². The number of halogens is 2. The van der Waals surface area contributed by atoms with Crippen molar-refractivity contribution < 1.29 is 14.3 Å². The number of hydrogen-bond acceptors (Lipinski definition) is 4. The second-order valence-electron chi connectivity index (χ2n) is 6.73. The third-order valence-corrected chi connectivity index (χ3v) is 5.54. The van der Waals surface area contributed by atoms with Crippen LogP contribution in [0.1, 0.15) is 11.1 Å². The van der Waals surface area contributed by atoms with Gasteiger partial charge in [0.25, 0.3) is 5.91 Å². The van der Waals surface area contributed by atoms with Gasteiger partial charge in [-0.1, -0.05) is 36.3 Å². The second kappa shape index (κ2) is 11.9. The van der Waals surface area contributed by atoms with Gasteiger partial charge < -0.3 is 14.8 Å². The van der Waals surface area contributed by atoms with Gasteiger partial charge in [0.2, 0.25) is 0 Å². The first-order valence-corrected chi connectivity index (χ1v) is 11.3. The van der Waals surface area contributed by atoms with E-state index in [0.29, 0.717) is 38.3 Å². The van der Waals surface area contributed by atoms with Crippen molar-refractivity contribution in [3.05, 3.63) is 92.4 Å².